The average Bonchev–Trinajstić information content (AvgIpc) is 3.25. The molecule has 0 amide bonds. The first kappa shape index (κ1) is 22.1. The van der Waals surface area contributed by atoms with E-state index in [9.17, 15) is 4.79 Å². The third-order valence-electron chi connectivity index (χ3n) is 4.39. The Morgan fingerprint density at radius 3 is 2.53 bits per heavy atom. The van der Waals surface area contributed by atoms with Crippen molar-refractivity contribution in [2.45, 2.75) is 6.42 Å². The van der Waals surface area contributed by atoms with Crippen LogP contribution in [-0.2, 0) is 16.0 Å². The van der Waals surface area contributed by atoms with Gasteiger partial charge in [-0.15, -0.1) is 10.2 Å². The number of hydrogen-bond donors (Lipinski definition) is 1. The second-order valence-corrected chi connectivity index (χ2v) is 8.49. The van der Waals surface area contributed by atoms with Gasteiger partial charge in [-0.25, -0.2) is 0 Å². The number of nitrogens with zero attached hydrogens (tertiary/aromatic N) is 2. The van der Waals surface area contributed by atoms with E-state index in [1.807, 2.05) is 54.6 Å². The van der Waals surface area contributed by atoms with Crippen LogP contribution in [0.1, 0.15) is 5.56 Å². The Morgan fingerprint density at radius 1 is 0.969 bits per heavy atom. The fraction of sp³-hybridized carbons (Fsp3) is 0.0870. The molecule has 32 heavy (non-hydrogen) atoms. The SMILES string of the molecule is COC(=O)Cc1cccc(Oc2cccc(-c3nnc(Nc4ccc(Cl)c(Cl)c4)s3)c2)c1. The van der Waals surface area contributed by atoms with Crippen LogP contribution in [-0.4, -0.2) is 23.3 Å². The molecular formula is C23H17Cl2N3O3S. The van der Waals surface area contributed by atoms with Gasteiger partial charge < -0.3 is 14.8 Å². The maximum atomic E-state index is 11.5. The molecule has 0 saturated heterocycles. The van der Waals surface area contributed by atoms with Crippen molar-refractivity contribution in [1.29, 1.82) is 0 Å². The number of anilines is 2. The van der Waals surface area contributed by atoms with E-state index < -0.39 is 0 Å². The lowest BCUT2D eigenvalue weighted by molar-refractivity contribution is -0.139. The molecule has 1 N–H and O–H groups in total. The van der Waals surface area contributed by atoms with Crippen molar-refractivity contribution in [1.82, 2.24) is 10.2 Å². The van der Waals surface area contributed by atoms with Crippen molar-refractivity contribution in [2.24, 2.45) is 0 Å². The van der Waals surface area contributed by atoms with Gasteiger partial charge in [0.05, 0.1) is 23.6 Å². The van der Waals surface area contributed by atoms with Gasteiger partial charge in [0.15, 0.2) is 0 Å². The molecule has 0 atom stereocenters. The summed E-state index contributed by atoms with van der Waals surface area (Å²) in [5, 5.41) is 13.9. The van der Waals surface area contributed by atoms with E-state index in [-0.39, 0.29) is 12.4 Å². The number of carbonyl (C=O) groups excluding carboxylic acids is 1. The molecule has 0 aliphatic heterocycles. The molecule has 0 aliphatic rings. The number of benzene rings is 3. The van der Waals surface area contributed by atoms with Crippen molar-refractivity contribution in [3.05, 3.63) is 82.3 Å². The van der Waals surface area contributed by atoms with Crippen LogP contribution in [0.2, 0.25) is 10.0 Å². The molecule has 0 spiro atoms. The second-order valence-electron chi connectivity index (χ2n) is 6.70. The molecule has 6 nitrogen and oxygen atoms in total. The van der Waals surface area contributed by atoms with Gasteiger partial charge in [0.25, 0.3) is 0 Å². The molecule has 0 fully saturated rings. The molecule has 0 aliphatic carbocycles. The number of aromatic nitrogens is 2. The van der Waals surface area contributed by atoms with Crippen molar-refractivity contribution in [2.75, 3.05) is 12.4 Å². The van der Waals surface area contributed by atoms with Gasteiger partial charge in [0.2, 0.25) is 5.13 Å². The van der Waals surface area contributed by atoms with Crippen LogP contribution < -0.4 is 10.1 Å². The highest BCUT2D eigenvalue weighted by Gasteiger charge is 2.10. The van der Waals surface area contributed by atoms with E-state index >= 15 is 0 Å². The number of esters is 1. The molecule has 162 valence electrons. The molecule has 1 heterocycles. The monoisotopic (exact) mass is 485 g/mol. The van der Waals surface area contributed by atoms with E-state index in [0.29, 0.717) is 26.7 Å². The fourth-order valence-corrected chi connectivity index (χ4v) is 3.93. The summed E-state index contributed by atoms with van der Waals surface area (Å²) in [6.45, 7) is 0. The van der Waals surface area contributed by atoms with Crippen LogP contribution in [0.15, 0.2) is 66.7 Å². The summed E-state index contributed by atoms with van der Waals surface area (Å²) in [5.74, 6) is 0.973. The van der Waals surface area contributed by atoms with Gasteiger partial charge in [-0.3, -0.25) is 4.79 Å². The molecule has 4 aromatic rings. The molecular weight excluding hydrogens is 469 g/mol. The van der Waals surface area contributed by atoms with E-state index in [1.54, 1.807) is 12.1 Å². The van der Waals surface area contributed by atoms with Gasteiger partial charge >= 0.3 is 5.97 Å². The fourth-order valence-electron chi connectivity index (χ4n) is 2.87. The Morgan fingerprint density at radius 2 is 1.75 bits per heavy atom. The predicted octanol–water partition coefficient (Wildman–Crippen LogP) is 6.76. The molecule has 0 saturated carbocycles. The molecule has 1 aromatic heterocycles. The Bertz CT molecular complexity index is 1260. The zero-order valence-electron chi connectivity index (χ0n) is 16.8. The number of halogens is 2. The van der Waals surface area contributed by atoms with Crippen LogP contribution in [0.25, 0.3) is 10.6 Å². The minimum Gasteiger partial charge on any atom is -0.469 e. The number of ether oxygens (including phenoxy) is 2. The molecule has 4 rings (SSSR count). The second kappa shape index (κ2) is 9.99. The lowest BCUT2D eigenvalue weighted by Crippen LogP contribution is -2.04. The lowest BCUT2D eigenvalue weighted by Gasteiger charge is -2.08. The first-order chi connectivity index (χ1) is 15.5. The summed E-state index contributed by atoms with van der Waals surface area (Å²) in [4.78, 5) is 11.5. The van der Waals surface area contributed by atoms with Gasteiger partial charge in [0, 0.05) is 11.3 Å². The Kier molecular flexibility index (Phi) is 6.90. The van der Waals surface area contributed by atoms with Crippen molar-refractivity contribution in [3.8, 4) is 22.1 Å². The smallest absolute Gasteiger partial charge is 0.309 e. The van der Waals surface area contributed by atoms with Crippen LogP contribution in [0.5, 0.6) is 11.5 Å². The third-order valence-corrected chi connectivity index (χ3v) is 6.01. The maximum absolute atomic E-state index is 11.5. The van der Waals surface area contributed by atoms with E-state index in [0.717, 1.165) is 21.8 Å². The predicted molar refractivity (Wildman–Crippen MR) is 127 cm³/mol. The Balaban J connectivity index is 1.48. The average molecular weight is 486 g/mol. The van der Waals surface area contributed by atoms with Gasteiger partial charge in [-0.1, -0.05) is 58.8 Å². The Hall–Kier alpha value is -3.13. The highest BCUT2D eigenvalue weighted by Crippen LogP contribution is 2.33. The zero-order valence-corrected chi connectivity index (χ0v) is 19.2. The number of rotatable bonds is 7. The summed E-state index contributed by atoms with van der Waals surface area (Å²) < 4.78 is 10.7. The topological polar surface area (TPSA) is 73.3 Å². The lowest BCUT2D eigenvalue weighted by atomic mass is 10.1. The minimum atomic E-state index is -0.300. The molecule has 0 radical (unpaired) electrons. The molecule has 0 bridgehead atoms. The molecule has 0 unspecified atom stereocenters. The number of hydrogen-bond acceptors (Lipinski definition) is 7. The van der Waals surface area contributed by atoms with E-state index in [1.165, 1.54) is 18.4 Å². The van der Waals surface area contributed by atoms with Crippen LogP contribution >= 0.6 is 34.5 Å². The summed E-state index contributed by atoms with van der Waals surface area (Å²) in [7, 11) is 1.37. The maximum Gasteiger partial charge on any atom is 0.309 e. The van der Waals surface area contributed by atoms with Gasteiger partial charge in [0.1, 0.15) is 16.5 Å². The van der Waals surface area contributed by atoms with Crippen LogP contribution in [0.3, 0.4) is 0 Å². The number of methoxy groups -OCH3 is 1. The first-order valence-corrected chi connectivity index (χ1v) is 11.1. The van der Waals surface area contributed by atoms with E-state index in [4.69, 9.17) is 32.7 Å². The standard InChI is InChI=1S/C23H17Cl2N3O3S/c1-30-21(29)11-14-4-2-6-17(10-14)31-18-7-3-5-15(12-18)22-27-28-23(32-22)26-16-8-9-19(24)20(25)13-16/h2-10,12-13H,11H2,1H3,(H,26,28). The number of nitrogens with one attached hydrogen (secondary N) is 1. The third kappa shape index (κ3) is 5.56. The highest BCUT2D eigenvalue weighted by atomic mass is 35.5. The van der Waals surface area contributed by atoms with Crippen molar-refractivity contribution in [3.63, 3.8) is 0 Å². The molecule has 9 heteroatoms. The zero-order chi connectivity index (χ0) is 22.5. The largest absolute Gasteiger partial charge is 0.469 e. The number of carbonyl (C=O) groups is 1. The van der Waals surface area contributed by atoms with Crippen molar-refractivity contribution < 1.29 is 14.3 Å². The molecule has 3 aromatic carbocycles. The van der Waals surface area contributed by atoms with Crippen LogP contribution in [0, 0.1) is 0 Å². The van der Waals surface area contributed by atoms with Crippen LogP contribution in [0.4, 0.5) is 10.8 Å². The van der Waals surface area contributed by atoms with Gasteiger partial charge in [-0.05, 0) is 48.0 Å². The van der Waals surface area contributed by atoms with Crippen molar-refractivity contribution >= 4 is 51.3 Å². The normalized spacial score (nSPS) is 10.6. The summed E-state index contributed by atoms with van der Waals surface area (Å²) in [6.07, 6.45) is 0.188. The minimum absolute atomic E-state index is 0.188. The van der Waals surface area contributed by atoms with E-state index in [2.05, 4.69) is 15.5 Å². The quantitative estimate of drug-likeness (QED) is 0.291. The summed E-state index contributed by atoms with van der Waals surface area (Å²) in [6, 6.07) is 20.2. The summed E-state index contributed by atoms with van der Waals surface area (Å²) >= 11 is 13.4. The highest BCUT2D eigenvalue weighted by molar-refractivity contribution is 7.18. The first-order valence-electron chi connectivity index (χ1n) is 9.50. The Labute approximate surface area is 198 Å². The van der Waals surface area contributed by atoms with Gasteiger partial charge in [-0.2, -0.15) is 0 Å². The summed E-state index contributed by atoms with van der Waals surface area (Å²) in [5.41, 5.74) is 2.45.